The molecule has 1 aliphatic heterocycles. The second-order valence-corrected chi connectivity index (χ2v) is 21.5. The van der Waals surface area contributed by atoms with Crippen LogP contribution in [0.4, 0.5) is 5.82 Å². The van der Waals surface area contributed by atoms with E-state index in [4.69, 9.17) is 19.5 Å². The number of phosphoric ester groups is 3. The maximum atomic E-state index is 12.7. The van der Waals surface area contributed by atoms with Crippen molar-refractivity contribution in [2.75, 3.05) is 37.8 Å². The van der Waals surface area contributed by atoms with Gasteiger partial charge < -0.3 is 50.9 Å². The number of nitrogens with one attached hydrogen (secondary N) is 2. The minimum absolute atomic E-state index is 0.0285. The number of aromatic nitrogens is 4. The molecule has 3 aromatic carbocycles. The van der Waals surface area contributed by atoms with Gasteiger partial charge in [0.2, 0.25) is 16.9 Å². The van der Waals surface area contributed by atoms with E-state index in [1.54, 1.807) is 6.08 Å². The van der Waals surface area contributed by atoms with Crippen molar-refractivity contribution in [2.45, 2.75) is 50.9 Å². The summed E-state index contributed by atoms with van der Waals surface area (Å²) in [5.41, 5.74) is 7.58. The molecule has 0 saturated carbocycles. The van der Waals surface area contributed by atoms with Crippen LogP contribution in [0.2, 0.25) is 0 Å². The van der Waals surface area contributed by atoms with Gasteiger partial charge in [-0.1, -0.05) is 135 Å². The molecular weight excluding hydrogens is 1020 g/mol. The third kappa shape index (κ3) is 18.6. The Bertz CT molecular complexity index is 2750. The van der Waals surface area contributed by atoms with Gasteiger partial charge in [0.25, 0.3) is 0 Å². The summed E-state index contributed by atoms with van der Waals surface area (Å²) in [6.45, 7) is 0.432. The molecule has 24 nitrogen and oxygen atoms in total. The normalized spacial score (nSPS) is 19.3. The number of rotatable bonds is 23. The standard InChI is InChI=1S/C30H42N7O17P3S.C14H12/c1-30(2,25(41)28(42)33-11-10-20(38)32-12-13-58-21(39)9-8-18-6-4-3-5-7-18)15-51-57(48,49)54-56(46,47)50-14-19-24(53-55(43,44)45)23(40)29(52-19)37-17-36-22-26(31)34-16-35-27(22)37;1-3-7-13(8-4-1)11-12-14-9-5-2-6-10-14/h3-9,16-17,19,23-25,29,40-41H,10-15H2,1-2H3,(H,32,38)(H,33,42)(H,46,47)(H,48,49)(H2,31,34,35)(H2,43,44,45);1-12H/t19-,23-,24-,25+,29-;/m1./s1. The highest BCUT2D eigenvalue weighted by Gasteiger charge is 2.50. The van der Waals surface area contributed by atoms with Gasteiger partial charge in [0.15, 0.2) is 17.7 Å². The van der Waals surface area contributed by atoms with Gasteiger partial charge in [-0.3, -0.25) is 32.5 Å². The van der Waals surface area contributed by atoms with Crippen LogP contribution < -0.4 is 16.4 Å². The van der Waals surface area contributed by atoms with E-state index in [2.05, 4.69) is 70.8 Å². The zero-order chi connectivity index (χ0) is 52.5. The van der Waals surface area contributed by atoms with Crippen molar-refractivity contribution in [1.29, 1.82) is 0 Å². The van der Waals surface area contributed by atoms with Crippen molar-refractivity contribution in [3.63, 3.8) is 0 Å². The average molecular weight is 1080 g/mol. The molecule has 10 N–H and O–H groups in total. The molecule has 1 saturated heterocycles. The highest BCUT2D eigenvalue weighted by Crippen LogP contribution is 2.61. The largest absolute Gasteiger partial charge is 0.481 e. The molecule has 2 aromatic heterocycles. The van der Waals surface area contributed by atoms with E-state index < -0.39 is 84.6 Å². The number of aliphatic hydroxyl groups is 2. The van der Waals surface area contributed by atoms with Gasteiger partial charge in [-0.25, -0.2) is 28.6 Å². The van der Waals surface area contributed by atoms with E-state index >= 15 is 0 Å². The van der Waals surface area contributed by atoms with Gasteiger partial charge in [0.05, 0.1) is 19.5 Å². The molecule has 388 valence electrons. The lowest BCUT2D eigenvalue weighted by Gasteiger charge is -2.30. The third-order valence-electron chi connectivity index (χ3n) is 10.0. The summed E-state index contributed by atoms with van der Waals surface area (Å²) in [5, 5.41) is 26.2. The number of nitrogens with two attached hydrogens (primary N) is 1. The number of benzene rings is 3. The van der Waals surface area contributed by atoms with E-state index in [1.165, 1.54) is 31.1 Å². The topological polar surface area (TPSA) is 364 Å². The predicted octanol–water partition coefficient (Wildman–Crippen LogP) is 4.24. The van der Waals surface area contributed by atoms with Gasteiger partial charge in [0.1, 0.15) is 36.3 Å². The van der Waals surface area contributed by atoms with E-state index in [0.29, 0.717) is 5.75 Å². The number of amides is 2. The second kappa shape index (κ2) is 26.6. The van der Waals surface area contributed by atoms with E-state index in [0.717, 1.165) is 34.5 Å². The van der Waals surface area contributed by atoms with Crippen molar-refractivity contribution in [3.05, 3.63) is 126 Å². The summed E-state index contributed by atoms with van der Waals surface area (Å²) < 4.78 is 62.1. The van der Waals surface area contributed by atoms with Gasteiger partial charge in [-0.15, -0.1) is 0 Å². The Labute approximate surface area is 417 Å². The number of aliphatic hydroxyl groups excluding tert-OH is 2. The molecule has 2 amide bonds. The molecule has 0 spiro atoms. The Morgan fingerprint density at radius 3 is 1.99 bits per heavy atom. The van der Waals surface area contributed by atoms with E-state index in [9.17, 15) is 57.9 Å². The second-order valence-electron chi connectivity index (χ2n) is 16.1. The van der Waals surface area contributed by atoms with Crippen LogP contribution in [0.15, 0.2) is 110 Å². The number of hydrogen-bond acceptors (Lipinski definition) is 18. The number of ether oxygens (including phenoxy) is 1. The zero-order valence-corrected chi connectivity index (χ0v) is 42.0. The predicted molar refractivity (Wildman–Crippen MR) is 264 cm³/mol. The summed E-state index contributed by atoms with van der Waals surface area (Å²) in [4.78, 5) is 87.7. The number of carbonyl (C=O) groups is 3. The van der Waals surface area contributed by atoms with Crippen LogP contribution >= 0.6 is 35.2 Å². The van der Waals surface area contributed by atoms with Gasteiger partial charge >= 0.3 is 23.5 Å². The lowest BCUT2D eigenvalue weighted by molar-refractivity contribution is -0.137. The molecule has 0 aliphatic carbocycles. The van der Waals surface area contributed by atoms with Crippen molar-refractivity contribution in [1.82, 2.24) is 30.2 Å². The molecule has 2 unspecified atom stereocenters. The quantitative estimate of drug-likeness (QED) is 0.0191. The molecule has 1 fully saturated rings. The molecule has 0 radical (unpaired) electrons. The zero-order valence-electron chi connectivity index (χ0n) is 38.5. The molecule has 1 aliphatic rings. The summed E-state index contributed by atoms with van der Waals surface area (Å²) in [6.07, 6.45) is 0.379. The first-order valence-electron chi connectivity index (χ1n) is 21.6. The number of phosphoric acid groups is 3. The fraction of sp³-hybridized carbons (Fsp3) is 0.318. The molecule has 7 atom stereocenters. The van der Waals surface area contributed by atoms with Crippen LogP contribution in [0.3, 0.4) is 0 Å². The molecule has 72 heavy (non-hydrogen) atoms. The molecule has 3 heterocycles. The monoisotopic (exact) mass is 1080 g/mol. The SMILES string of the molecule is C(=Cc1ccccc1)c1ccccc1.CC(C)(COP(=O)(O)OP(=O)(O)OC[C@H]1O[C@@H](n2cnc3c(N)ncnc32)[C@H](O)[C@@H]1OP(=O)(O)O)[C@@H](O)C(=O)NCCC(=O)NCCSC(=O)C=Cc1ccccc1. The first-order valence-corrected chi connectivity index (χ1v) is 27.1. The minimum Gasteiger partial charge on any atom is -0.386 e. The molecule has 6 rings (SSSR count). The number of anilines is 1. The number of nitrogens with zero attached hydrogens (tertiary/aromatic N) is 4. The van der Waals surface area contributed by atoms with Crippen molar-refractivity contribution in [3.8, 4) is 0 Å². The Morgan fingerprint density at radius 2 is 1.40 bits per heavy atom. The van der Waals surface area contributed by atoms with Crippen LogP contribution in [0, 0.1) is 5.41 Å². The van der Waals surface area contributed by atoms with Crippen molar-refractivity contribution >= 4 is 87.4 Å². The van der Waals surface area contributed by atoms with Gasteiger partial charge in [-0.2, -0.15) is 4.31 Å². The minimum atomic E-state index is -5.58. The number of nitrogen functional groups attached to an aromatic ring is 1. The van der Waals surface area contributed by atoms with Gasteiger partial charge in [0, 0.05) is 30.7 Å². The van der Waals surface area contributed by atoms with Crippen LogP contribution in [-0.2, 0) is 50.7 Å². The molecule has 0 bridgehead atoms. The number of carbonyl (C=O) groups excluding carboxylic acids is 3. The first kappa shape index (κ1) is 57.6. The average Bonchev–Trinajstić information content (AvgIpc) is 3.90. The Morgan fingerprint density at radius 1 is 0.833 bits per heavy atom. The fourth-order valence-electron chi connectivity index (χ4n) is 6.38. The molecule has 5 aromatic rings. The number of hydrogen-bond donors (Lipinski definition) is 9. The highest BCUT2D eigenvalue weighted by atomic mass is 32.2. The fourth-order valence-corrected chi connectivity index (χ4v) is 9.78. The van der Waals surface area contributed by atoms with Crippen LogP contribution in [0.1, 0.15) is 43.2 Å². The van der Waals surface area contributed by atoms with E-state index in [1.807, 2.05) is 66.7 Å². The Balaban J connectivity index is 0.000000585. The Kier molecular flexibility index (Phi) is 21.3. The molecule has 28 heteroatoms. The van der Waals surface area contributed by atoms with Crippen LogP contribution in [0.25, 0.3) is 29.4 Å². The summed E-state index contributed by atoms with van der Waals surface area (Å²) >= 11 is 1.00. The number of imidazole rings is 1. The van der Waals surface area contributed by atoms with Gasteiger partial charge in [-0.05, 0) is 22.8 Å². The summed E-state index contributed by atoms with van der Waals surface area (Å²) in [7, 11) is -16.4. The van der Waals surface area contributed by atoms with Crippen molar-refractivity contribution in [2.24, 2.45) is 5.41 Å². The molecular formula is C44H54N7O17P3S. The lowest BCUT2D eigenvalue weighted by atomic mass is 9.87. The number of fused-ring (bicyclic) bond motifs is 1. The van der Waals surface area contributed by atoms with Crippen molar-refractivity contribution < 1.29 is 80.5 Å². The summed E-state index contributed by atoms with van der Waals surface area (Å²) in [5.74, 6) is -1.18. The lowest BCUT2D eigenvalue weighted by Crippen LogP contribution is -2.46. The van der Waals surface area contributed by atoms with Crippen LogP contribution in [-0.4, -0.2) is 123 Å². The van der Waals surface area contributed by atoms with E-state index in [-0.39, 0.29) is 41.6 Å². The smallest absolute Gasteiger partial charge is 0.386 e. The first-order chi connectivity index (χ1) is 34.0. The maximum absolute atomic E-state index is 12.7. The number of thioether (sulfide) groups is 1. The third-order valence-corrected chi connectivity index (χ3v) is 14.0. The maximum Gasteiger partial charge on any atom is 0.481 e. The van der Waals surface area contributed by atoms with Crippen LogP contribution in [0.5, 0.6) is 0 Å². The summed E-state index contributed by atoms with van der Waals surface area (Å²) in [6, 6.07) is 29.8. The Hall–Kier alpha value is -5.30. The highest BCUT2D eigenvalue weighted by molar-refractivity contribution is 8.14.